The summed E-state index contributed by atoms with van der Waals surface area (Å²) < 4.78 is 5.08. The van der Waals surface area contributed by atoms with Gasteiger partial charge in [-0.05, 0) is 50.3 Å². The summed E-state index contributed by atoms with van der Waals surface area (Å²) in [6.07, 6.45) is 1.50. The van der Waals surface area contributed by atoms with E-state index >= 15 is 0 Å². The first-order chi connectivity index (χ1) is 13.9. The number of benzene rings is 1. The van der Waals surface area contributed by atoms with E-state index in [-0.39, 0.29) is 12.1 Å². The van der Waals surface area contributed by atoms with Crippen molar-refractivity contribution in [2.24, 2.45) is 0 Å². The van der Waals surface area contributed by atoms with E-state index in [1.807, 2.05) is 19.9 Å². The SMILES string of the molecule is CCOC(=O)N1CCC(Nc2cc(Nc3ccc(C(C)C)cc3)nc(C)n2)CC1. The van der Waals surface area contributed by atoms with Crippen LogP contribution in [0.15, 0.2) is 30.3 Å². The van der Waals surface area contributed by atoms with Crippen LogP contribution in [0.3, 0.4) is 0 Å². The molecular weight excluding hydrogens is 366 g/mol. The molecule has 1 aliphatic rings. The third-order valence-electron chi connectivity index (χ3n) is 5.06. The second-order valence-electron chi connectivity index (χ2n) is 7.69. The Morgan fingerprint density at radius 3 is 2.45 bits per heavy atom. The third-order valence-corrected chi connectivity index (χ3v) is 5.06. The van der Waals surface area contributed by atoms with E-state index in [1.165, 1.54) is 5.56 Å². The summed E-state index contributed by atoms with van der Waals surface area (Å²) in [4.78, 5) is 22.6. The fourth-order valence-corrected chi connectivity index (χ4v) is 3.44. The van der Waals surface area contributed by atoms with Crippen molar-refractivity contribution in [1.29, 1.82) is 0 Å². The van der Waals surface area contributed by atoms with Gasteiger partial charge in [-0.3, -0.25) is 0 Å². The molecule has 1 fully saturated rings. The van der Waals surface area contributed by atoms with Crippen molar-refractivity contribution in [2.75, 3.05) is 30.3 Å². The molecule has 2 aromatic rings. The van der Waals surface area contributed by atoms with Crippen LogP contribution in [0.25, 0.3) is 0 Å². The van der Waals surface area contributed by atoms with Crippen molar-refractivity contribution in [3.8, 4) is 0 Å². The van der Waals surface area contributed by atoms with Gasteiger partial charge < -0.3 is 20.3 Å². The number of amides is 1. The average molecular weight is 398 g/mol. The van der Waals surface area contributed by atoms with Crippen LogP contribution >= 0.6 is 0 Å². The normalized spacial score (nSPS) is 14.7. The molecule has 29 heavy (non-hydrogen) atoms. The first-order valence-electron chi connectivity index (χ1n) is 10.4. The molecule has 0 spiro atoms. The van der Waals surface area contributed by atoms with Gasteiger partial charge in [0.05, 0.1) is 6.61 Å². The van der Waals surface area contributed by atoms with E-state index in [4.69, 9.17) is 4.74 Å². The molecule has 1 saturated heterocycles. The highest BCUT2D eigenvalue weighted by Crippen LogP contribution is 2.22. The Balaban J connectivity index is 1.60. The molecule has 156 valence electrons. The van der Waals surface area contributed by atoms with E-state index in [9.17, 15) is 4.79 Å². The monoisotopic (exact) mass is 397 g/mol. The van der Waals surface area contributed by atoms with Gasteiger partial charge in [-0.1, -0.05) is 26.0 Å². The lowest BCUT2D eigenvalue weighted by atomic mass is 10.0. The zero-order valence-electron chi connectivity index (χ0n) is 17.7. The van der Waals surface area contributed by atoms with Crippen LogP contribution < -0.4 is 10.6 Å². The van der Waals surface area contributed by atoms with Crippen LogP contribution in [-0.4, -0.2) is 46.7 Å². The maximum Gasteiger partial charge on any atom is 0.409 e. The van der Waals surface area contributed by atoms with Gasteiger partial charge in [0.25, 0.3) is 0 Å². The summed E-state index contributed by atoms with van der Waals surface area (Å²) in [7, 11) is 0. The summed E-state index contributed by atoms with van der Waals surface area (Å²) in [6.45, 7) is 9.88. The zero-order chi connectivity index (χ0) is 20.8. The van der Waals surface area contributed by atoms with Crippen LogP contribution in [0.2, 0.25) is 0 Å². The minimum atomic E-state index is -0.223. The van der Waals surface area contributed by atoms with E-state index in [0.29, 0.717) is 31.4 Å². The molecule has 1 amide bonds. The lowest BCUT2D eigenvalue weighted by Crippen LogP contribution is -2.42. The molecule has 7 nitrogen and oxygen atoms in total. The number of likely N-dealkylation sites (tertiary alicyclic amines) is 1. The minimum Gasteiger partial charge on any atom is -0.450 e. The van der Waals surface area contributed by atoms with E-state index in [2.05, 4.69) is 58.7 Å². The largest absolute Gasteiger partial charge is 0.450 e. The number of hydrogen-bond acceptors (Lipinski definition) is 6. The molecule has 0 saturated carbocycles. The molecular formula is C22H31N5O2. The number of nitrogens with zero attached hydrogens (tertiary/aromatic N) is 3. The average Bonchev–Trinajstić information content (AvgIpc) is 2.68. The van der Waals surface area contributed by atoms with Gasteiger partial charge in [0.15, 0.2) is 0 Å². The molecule has 0 bridgehead atoms. The van der Waals surface area contributed by atoms with Crippen molar-refractivity contribution in [2.45, 2.75) is 52.5 Å². The predicted octanol–water partition coefficient (Wildman–Crippen LogP) is 4.68. The smallest absolute Gasteiger partial charge is 0.409 e. The Bertz CT molecular complexity index is 814. The minimum absolute atomic E-state index is 0.223. The number of anilines is 3. The highest BCUT2D eigenvalue weighted by molar-refractivity contribution is 5.67. The Hall–Kier alpha value is -2.83. The van der Waals surface area contributed by atoms with Crippen molar-refractivity contribution in [1.82, 2.24) is 14.9 Å². The topological polar surface area (TPSA) is 79.4 Å². The number of aryl methyl sites for hydroxylation is 1. The van der Waals surface area contributed by atoms with E-state index < -0.39 is 0 Å². The maximum absolute atomic E-state index is 11.8. The Kier molecular flexibility index (Phi) is 6.90. The van der Waals surface area contributed by atoms with Crippen LogP contribution in [-0.2, 0) is 4.74 Å². The summed E-state index contributed by atoms with van der Waals surface area (Å²) in [5, 5.41) is 6.86. The molecule has 2 N–H and O–H groups in total. The molecule has 1 aliphatic heterocycles. The number of nitrogens with one attached hydrogen (secondary N) is 2. The summed E-state index contributed by atoms with van der Waals surface area (Å²) >= 11 is 0. The molecule has 0 unspecified atom stereocenters. The van der Waals surface area contributed by atoms with Crippen molar-refractivity contribution < 1.29 is 9.53 Å². The summed E-state index contributed by atoms with van der Waals surface area (Å²) in [6, 6.07) is 10.6. The molecule has 1 aromatic heterocycles. The first kappa shape index (κ1) is 20.9. The van der Waals surface area contributed by atoms with Crippen molar-refractivity contribution >= 4 is 23.4 Å². The molecule has 0 radical (unpaired) electrons. The van der Waals surface area contributed by atoms with Crippen molar-refractivity contribution in [3.05, 3.63) is 41.7 Å². The van der Waals surface area contributed by atoms with Gasteiger partial charge in [-0.15, -0.1) is 0 Å². The first-order valence-corrected chi connectivity index (χ1v) is 10.4. The van der Waals surface area contributed by atoms with Crippen molar-refractivity contribution in [3.63, 3.8) is 0 Å². The second-order valence-corrected chi connectivity index (χ2v) is 7.69. The fourth-order valence-electron chi connectivity index (χ4n) is 3.44. The number of aromatic nitrogens is 2. The van der Waals surface area contributed by atoms with Crippen LogP contribution in [0.4, 0.5) is 22.1 Å². The zero-order valence-corrected chi connectivity index (χ0v) is 17.7. The number of ether oxygens (including phenoxy) is 1. The van der Waals surface area contributed by atoms with Gasteiger partial charge >= 0.3 is 6.09 Å². The molecule has 0 aliphatic carbocycles. The standard InChI is InChI=1S/C22H31N5O2/c1-5-29-22(28)27-12-10-19(11-13-27)26-21-14-20(23-16(4)24-21)25-18-8-6-17(7-9-18)15(2)3/h6-9,14-15,19H,5,10-13H2,1-4H3,(H2,23,24,25,26). The van der Waals surface area contributed by atoms with Crippen LogP contribution in [0.1, 0.15) is 50.9 Å². The lowest BCUT2D eigenvalue weighted by Gasteiger charge is -2.31. The number of rotatable bonds is 6. The predicted molar refractivity (Wildman–Crippen MR) is 116 cm³/mol. The van der Waals surface area contributed by atoms with Gasteiger partial charge in [0.1, 0.15) is 17.5 Å². The second kappa shape index (κ2) is 9.58. The summed E-state index contributed by atoms with van der Waals surface area (Å²) in [5.74, 6) is 2.78. The molecule has 0 atom stereocenters. The van der Waals surface area contributed by atoms with Crippen LogP contribution in [0, 0.1) is 6.92 Å². The Morgan fingerprint density at radius 1 is 1.17 bits per heavy atom. The Morgan fingerprint density at radius 2 is 1.83 bits per heavy atom. The van der Waals surface area contributed by atoms with Gasteiger partial charge in [-0.2, -0.15) is 0 Å². The van der Waals surface area contributed by atoms with Gasteiger partial charge in [0.2, 0.25) is 0 Å². The Labute approximate surface area is 172 Å². The molecule has 7 heteroatoms. The number of carbonyl (C=O) groups is 1. The van der Waals surface area contributed by atoms with E-state index in [1.54, 1.807) is 4.90 Å². The molecule has 2 heterocycles. The quantitative estimate of drug-likeness (QED) is 0.736. The van der Waals surface area contributed by atoms with Gasteiger partial charge in [-0.25, -0.2) is 14.8 Å². The molecule has 3 rings (SSSR count). The highest BCUT2D eigenvalue weighted by Gasteiger charge is 2.23. The number of piperidine rings is 1. The highest BCUT2D eigenvalue weighted by atomic mass is 16.6. The van der Waals surface area contributed by atoms with Gasteiger partial charge in [0, 0.05) is 30.9 Å². The maximum atomic E-state index is 11.8. The summed E-state index contributed by atoms with van der Waals surface area (Å²) in [5.41, 5.74) is 2.31. The molecule has 1 aromatic carbocycles. The van der Waals surface area contributed by atoms with Crippen LogP contribution in [0.5, 0.6) is 0 Å². The number of carbonyl (C=O) groups excluding carboxylic acids is 1. The number of hydrogen-bond donors (Lipinski definition) is 2. The lowest BCUT2D eigenvalue weighted by molar-refractivity contribution is 0.0983. The third kappa shape index (κ3) is 5.82. The van der Waals surface area contributed by atoms with E-state index in [0.717, 1.165) is 30.2 Å². The fraction of sp³-hybridized carbons (Fsp3) is 0.500.